The highest BCUT2D eigenvalue weighted by Crippen LogP contribution is 2.21. The highest BCUT2D eigenvalue weighted by atomic mass is 32.2. The van der Waals surface area contributed by atoms with Crippen molar-refractivity contribution in [3.05, 3.63) is 35.9 Å². The summed E-state index contributed by atoms with van der Waals surface area (Å²) in [5.41, 5.74) is 2.13. The van der Waals surface area contributed by atoms with Crippen LogP contribution in [0.15, 0.2) is 30.3 Å². The predicted octanol–water partition coefficient (Wildman–Crippen LogP) is 2.12. The van der Waals surface area contributed by atoms with E-state index in [1.807, 2.05) is 49.3 Å². The smallest absolute Gasteiger partial charge is 0.286 e. The van der Waals surface area contributed by atoms with Gasteiger partial charge in [-0.3, -0.25) is 14.9 Å². The minimum atomic E-state index is -0.411. The average Bonchev–Trinajstić information content (AvgIpc) is 2.66. The number of benzene rings is 1. The quantitative estimate of drug-likeness (QED) is 0.906. The highest BCUT2D eigenvalue weighted by Gasteiger charge is 2.28. The average molecular weight is 262 g/mol. The molecule has 0 aromatic heterocycles. The molecule has 0 bridgehead atoms. The second kappa shape index (κ2) is 5.27. The number of nitrogens with zero attached hydrogens (tertiary/aromatic N) is 1. The van der Waals surface area contributed by atoms with Gasteiger partial charge in [0.2, 0.25) is 5.91 Å². The van der Waals surface area contributed by atoms with Gasteiger partial charge in [0.05, 0.1) is 0 Å². The molecule has 1 aliphatic rings. The molecule has 4 nitrogen and oxygen atoms in total. The molecule has 5 heteroatoms. The largest absolute Gasteiger partial charge is 0.378 e. The Kier molecular flexibility index (Phi) is 3.72. The lowest BCUT2D eigenvalue weighted by atomic mass is 10.1. The summed E-state index contributed by atoms with van der Waals surface area (Å²) in [6.07, 6.45) is 3.60. The number of carbonyl (C=O) groups excluding carboxylic acids is 2. The van der Waals surface area contributed by atoms with E-state index >= 15 is 0 Å². The van der Waals surface area contributed by atoms with Crippen LogP contribution in [0.4, 0.5) is 10.5 Å². The molecular weight excluding hydrogens is 248 g/mol. The molecule has 1 atom stereocenters. The summed E-state index contributed by atoms with van der Waals surface area (Å²) < 4.78 is 0. The number of nitrogens with one attached hydrogen (secondary N) is 1. The molecule has 94 valence electrons. The van der Waals surface area contributed by atoms with Crippen LogP contribution in [-0.4, -0.2) is 30.5 Å². The molecule has 1 heterocycles. The summed E-state index contributed by atoms with van der Waals surface area (Å²) in [5, 5.41) is 1.56. The molecule has 1 aromatic rings. The standard InChI is InChI=1S/C13H14N2O2S/c1-15(2)10-6-3-9(4-7-10)5-8-11-12(16)14-13(17)18-11/h3-8,11H,1-2H3,(H,14,16,17)/b8-5+. The van der Waals surface area contributed by atoms with E-state index in [9.17, 15) is 9.59 Å². The van der Waals surface area contributed by atoms with Crippen LogP contribution in [0.2, 0.25) is 0 Å². The molecule has 1 aliphatic heterocycles. The SMILES string of the molecule is CN(C)c1ccc(/C=C/C2SC(=O)NC2=O)cc1. The highest BCUT2D eigenvalue weighted by molar-refractivity contribution is 8.15. The first kappa shape index (κ1) is 12.7. The molecule has 0 spiro atoms. The molecule has 2 amide bonds. The van der Waals surface area contributed by atoms with Crippen molar-refractivity contribution in [2.24, 2.45) is 0 Å². The van der Waals surface area contributed by atoms with E-state index in [0.29, 0.717) is 0 Å². The monoisotopic (exact) mass is 262 g/mol. The van der Waals surface area contributed by atoms with Crippen molar-refractivity contribution in [3.8, 4) is 0 Å². The first-order valence-corrected chi connectivity index (χ1v) is 6.41. The van der Waals surface area contributed by atoms with Gasteiger partial charge in [-0.15, -0.1) is 0 Å². The Bertz CT molecular complexity index is 494. The minimum Gasteiger partial charge on any atom is -0.378 e. The number of hydrogen-bond donors (Lipinski definition) is 1. The maximum absolute atomic E-state index is 11.3. The van der Waals surface area contributed by atoms with E-state index in [1.165, 1.54) is 0 Å². The van der Waals surface area contributed by atoms with Crippen LogP contribution < -0.4 is 10.2 Å². The summed E-state index contributed by atoms with van der Waals surface area (Å²) >= 11 is 1.01. The Balaban J connectivity index is 2.05. The molecule has 1 fully saturated rings. The van der Waals surface area contributed by atoms with E-state index in [4.69, 9.17) is 0 Å². The summed E-state index contributed by atoms with van der Waals surface area (Å²) in [7, 11) is 3.96. The lowest BCUT2D eigenvalue weighted by molar-refractivity contribution is -0.118. The van der Waals surface area contributed by atoms with Crippen LogP contribution in [0.25, 0.3) is 6.08 Å². The zero-order valence-electron chi connectivity index (χ0n) is 10.2. The first-order valence-electron chi connectivity index (χ1n) is 5.53. The molecule has 1 saturated heterocycles. The number of anilines is 1. The van der Waals surface area contributed by atoms with Crippen molar-refractivity contribution in [2.45, 2.75) is 5.25 Å². The summed E-state index contributed by atoms with van der Waals surface area (Å²) in [6.45, 7) is 0. The van der Waals surface area contributed by atoms with Crippen molar-refractivity contribution < 1.29 is 9.59 Å². The fourth-order valence-electron chi connectivity index (χ4n) is 1.58. The third-order valence-electron chi connectivity index (χ3n) is 2.59. The molecule has 0 aliphatic carbocycles. The second-order valence-corrected chi connectivity index (χ2v) is 5.27. The van der Waals surface area contributed by atoms with E-state index in [-0.39, 0.29) is 11.1 Å². The van der Waals surface area contributed by atoms with E-state index in [0.717, 1.165) is 23.0 Å². The Morgan fingerprint density at radius 3 is 2.39 bits per heavy atom. The third-order valence-corrected chi connectivity index (χ3v) is 3.53. The molecule has 0 saturated carbocycles. The van der Waals surface area contributed by atoms with Gasteiger partial charge in [0, 0.05) is 19.8 Å². The fraction of sp³-hybridized carbons (Fsp3) is 0.231. The van der Waals surface area contributed by atoms with Crippen LogP contribution in [0.5, 0.6) is 0 Å². The van der Waals surface area contributed by atoms with Crippen LogP contribution in [0.1, 0.15) is 5.56 Å². The van der Waals surface area contributed by atoms with Gasteiger partial charge in [-0.05, 0) is 29.5 Å². The molecular formula is C13H14N2O2S. The van der Waals surface area contributed by atoms with Crippen LogP contribution in [0.3, 0.4) is 0 Å². The Labute approximate surface area is 110 Å². The Hall–Kier alpha value is -1.75. The van der Waals surface area contributed by atoms with Gasteiger partial charge in [0.15, 0.2) is 0 Å². The van der Waals surface area contributed by atoms with Crippen LogP contribution in [-0.2, 0) is 4.79 Å². The Morgan fingerprint density at radius 1 is 1.22 bits per heavy atom. The zero-order valence-corrected chi connectivity index (χ0v) is 11.0. The summed E-state index contributed by atoms with van der Waals surface area (Å²) in [5.74, 6) is -0.244. The van der Waals surface area contributed by atoms with Gasteiger partial charge in [-0.2, -0.15) is 0 Å². The van der Waals surface area contributed by atoms with Crippen molar-refractivity contribution >= 4 is 34.7 Å². The number of carbonyl (C=O) groups is 2. The lowest BCUT2D eigenvalue weighted by Crippen LogP contribution is -2.22. The summed E-state index contributed by atoms with van der Waals surface area (Å²) in [4.78, 5) is 24.3. The third kappa shape index (κ3) is 2.92. The van der Waals surface area contributed by atoms with Gasteiger partial charge in [-0.25, -0.2) is 0 Å². The van der Waals surface area contributed by atoms with Gasteiger partial charge in [-0.1, -0.05) is 24.3 Å². The molecule has 2 rings (SSSR count). The number of amides is 2. The number of thioether (sulfide) groups is 1. The normalized spacial score (nSPS) is 19.3. The van der Waals surface area contributed by atoms with Gasteiger partial charge < -0.3 is 4.90 Å². The van der Waals surface area contributed by atoms with Crippen molar-refractivity contribution in [1.82, 2.24) is 5.32 Å². The maximum atomic E-state index is 11.3. The second-order valence-electron chi connectivity index (χ2n) is 4.16. The van der Waals surface area contributed by atoms with Gasteiger partial charge in [0.25, 0.3) is 5.24 Å². The molecule has 1 unspecified atom stereocenters. The molecule has 0 radical (unpaired) electrons. The number of rotatable bonds is 3. The predicted molar refractivity (Wildman–Crippen MR) is 74.7 cm³/mol. The fourth-order valence-corrected chi connectivity index (χ4v) is 2.29. The first-order chi connectivity index (χ1) is 8.56. The van der Waals surface area contributed by atoms with Gasteiger partial charge in [0.1, 0.15) is 5.25 Å². The lowest BCUT2D eigenvalue weighted by Gasteiger charge is -2.11. The number of imide groups is 1. The molecule has 1 N–H and O–H groups in total. The maximum Gasteiger partial charge on any atom is 0.286 e. The summed E-state index contributed by atoms with van der Waals surface area (Å²) in [6, 6.07) is 7.97. The minimum absolute atomic E-state index is 0.244. The van der Waals surface area contributed by atoms with Crippen molar-refractivity contribution in [3.63, 3.8) is 0 Å². The van der Waals surface area contributed by atoms with E-state index < -0.39 is 5.25 Å². The van der Waals surface area contributed by atoms with Crippen LogP contribution >= 0.6 is 11.8 Å². The molecule has 1 aromatic carbocycles. The zero-order chi connectivity index (χ0) is 13.1. The topological polar surface area (TPSA) is 49.4 Å². The van der Waals surface area contributed by atoms with E-state index in [2.05, 4.69) is 5.32 Å². The van der Waals surface area contributed by atoms with Gasteiger partial charge >= 0.3 is 0 Å². The Morgan fingerprint density at radius 2 is 1.89 bits per heavy atom. The van der Waals surface area contributed by atoms with E-state index in [1.54, 1.807) is 6.08 Å². The number of hydrogen-bond acceptors (Lipinski definition) is 4. The van der Waals surface area contributed by atoms with Crippen molar-refractivity contribution in [2.75, 3.05) is 19.0 Å². The molecule has 18 heavy (non-hydrogen) atoms. The van der Waals surface area contributed by atoms with Crippen molar-refractivity contribution in [1.29, 1.82) is 0 Å². The van der Waals surface area contributed by atoms with Crippen LogP contribution in [0, 0.1) is 0 Å².